The van der Waals surface area contributed by atoms with Gasteiger partial charge in [0.05, 0.1) is 33.2 Å². The molecule has 0 amide bonds. The van der Waals surface area contributed by atoms with Crippen LogP contribution in [0.2, 0.25) is 0 Å². The first-order valence-corrected chi connectivity index (χ1v) is 14.6. The molecule has 0 aromatic rings. The number of carbonyl (C=O) groups is 2. The molecule has 0 rings (SSSR count). The van der Waals surface area contributed by atoms with Gasteiger partial charge in [-0.2, -0.15) is 0 Å². The lowest BCUT2D eigenvalue weighted by Crippen LogP contribution is -2.13. The molecule has 0 N–H and O–H groups in total. The normalized spacial score (nSPS) is 11.4. The van der Waals surface area contributed by atoms with Crippen molar-refractivity contribution in [2.24, 2.45) is 0 Å². The maximum absolute atomic E-state index is 13.4. The lowest BCUT2D eigenvalue weighted by Gasteiger charge is -2.18. The van der Waals surface area contributed by atoms with Crippen molar-refractivity contribution < 1.29 is 23.6 Å². The Labute approximate surface area is 185 Å². The third-order valence-corrected chi connectivity index (χ3v) is 8.60. The minimum atomic E-state index is -2.57. The molecule has 0 heterocycles. The number of ether oxygens (including phenoxy) is 2. The summed E-state index contributed by atoms with van der Waals surface area (Å²) < 4.78 is 23.9. The Morgan fingerprint density at radius 3 is 1.40 bits per heavy atom. The van der Waals surface area contributed by atoms with Gasteiger partial charge in [0.15, 0.2) is 0 Å². The van der Waals surface area contributed by atoms with E-state index in [0.29, 0.717) is 31.7 Å². The summed E-state index contributed by atoms with van der Waals surface area (Å²) in [5, 5.41) is 0. The third-order valence-electron chi connectivity index (χ3n) is 5.39. The van der Waals surface area contributed by atoms with Crippen molar-refractivity contribution in [2.45, 2.75) is 111 Å². The zero-order valence-electron chi connectivity index (χ0n) is 19.9. The molecule has 0 atom stereocenters. The van der Waals surface area contributed by atoms with Crippen molar-refractivity contribution in [3.8, 4) is 0 Å². The fourth-order valence-corrected chi connectivity index (χ4v) is 5.92. The molecule has 0 saturated heterocycles. The first-order valence-electron chi connectivity index (χ1n) is 12.4. The van der Waals surface area contributed by atoms with Gasteiger partial charge in [-0.3, -0.25) is 9.59 Å². The van der Waals surface area contributed by atoms with Gasteiger partial charge in [0.2, 0.25) is 0 Å². The first kappa shape index (κ1) is 29.2. The number of unbranched alkanes of at least 4 members (excludes halogenated alkanes) is 9. The predicted molar refractivity (Wildman–Crippen MR) is 126 cm³/mol. The molecular weight excluding hydrogens is 399 g/mol. The van der Waals surface area contributed by atoms with Crippen LogP contribution in [0.1, 0.15) is 111 Å². The van der Waals surface area contributed by atoms with E-state index in [2.05, 4.69) is 6.92 Å². The molecular formula is C24H47O5P. The van der Waals surface area contributed by atoms with Crippen LogP contribution in [0.3, 0.4) is 0 Å². The van der Waals surface area contributed by atoms with E-state index in [9.17, 15) is 14.2 Å². The zero-order chi connectivity index (χ0) is 22.5. The lowest BCUT2D eigenvalue weighted by molar-refractivity contribution is -0.144. The number of esters is 2. The molecule has 5 nitrogen and oxygen atoms in total. The summed E-state index contributed by atoms with van der Waals surface area (Å²) in [7, 11) is -2.57. The standard InChI is InChI=1S/C24H47O5P/c1-4-7-10-11-12-13-14-15-20-30(27,21-16-23(25)28-18-8-5-2)22-17-24(26)29-19-9-6-3/h4-22H2,1-3H3. The second-order valence-electron chi connectivity index (χ2n) is 8.35. The van der Waals surface area contributed by atoms with Gasteiger partial charge >= 0.3 is 11.9 Å². The van der Waals surface area contributed by atoms with Crippen molar-refractivity contribution in [3.63, 3.8) is 0 Å². The first-order chi connectivity index (χ1) is 14.5. The minimum Gasteiger partial charge on any atom is -0.466 e. The van der Waals surface area contributed by atoms with Crippen LogP contribution >= 0.6 is 7.14 Å². The Kier molecular flexibility index (Phi) is 19.5. The molecule has 0 aliphatic heterocycles. The monoisotopic (exact) mass is 446 g/mol. The van der Waals surface area contributed by atoms with Gasteiger partial charge in [-0.1, -0.05) is 78.6 Å². The van der Waals surface area contributed by atoms with Crippen LogP contribution in [0.5, 0.6) is 0 Å². The van der Waals surface area contributed by atoms with Crippen molar-refractivity contribution in [2.75, 3.05) is 31.7 Å². The summed E-state index contributed by atoms with van der Waals surface area (Å²) >= 11 is 0. The minimum absolute atomic E-state index is 0.183. The van der Waals surface area contributed by atoms with Crippen molar-refractivity contribution in [1.82, 2.24) is 0 Å². The van der Waals surface area contributed by atoms with Gasteiger partial charge in [-0.15, -0.1) is 0 Å². The van der Waals surface area contributed by atoms with Gasteiger partial charge < -0.3 is 14.0 Å². The molecule has 0 aromatic carbocycles. The number of rotatable bonds is 21. The fourth-order valence-electron chi connectivity index (χ4n) is 3.26. The van der Waals surface area contributed by atoms with Crippen LogP contribution in [0.4, 0.5) is 0 Å². The second kappa shape index (κ2) is 20.1. The van der Waals surface area contributed by atoms with Gasteiger partial charge in [0, 0.05) is 18.5 Å². The molecule has 0 aromatic heterocycles. The molecule has 0 fully saturated rings. The quantitative estimate of drug-likeness (QED) is 0.108. The van der Waals surface area contributed by atoms with Crippen LogP contribution in [-0.2, 0) is 23.6 Å². The van der Waals surface area contributed by atoms with Crippen molar-refractivity contribution >= 4 is 19.1 Å². The van der Waals surface area contributed by atoms with Crippen molar-refractivity contribution in [1.29, 1.82) is 0 Å². The lowest BCUT2D eigenvalue weighted by atomic mass is 10.1. The molecule has 0 saturated carbocycles. The topological polar surface area (TPSA) is 69.7 Å². The Morgan fingerprint density at radius 1 is 0.567 bits per heavy atom. The van der Waals surface area contributed by atoms with E-state index < -0.39 is 7.14 Å². The fraction of sp³-hybridized carbons (Fsp3) is 0.917. The van der Waals surface area contributed by atoms with E-state index in [0.717, 1.165) is 38.5 Å². The molecule has 0 aliphatic carbocycles. The largest absolute Gasteiger partial charge is 0.466 e. The summed E-state index contributed by atoms with van der Waals surface area (Å²) in [5.41, 5.74) is 0. The highest BCUT2D eigenvalue weighted by Gasteiger charge is 2.24. The van der Waals surface area contributed by atoms with Gasteiger partial charge in [-0.25, -0.2) is 0 Å². The van der Waals surface area contributed by atoms with Crippen molar-refractivity contribution in [3.05, 3.63) is 0 Å². The van der Waals surface area contributed by atoms with E-state index in [4.69, 9.17) is 9.47 Å². The summed E-state index contributed by atoms with van der Waals surface area (Å²) in [6.45, 7) is 7.18. The molecule has 178 valence electrons. The highest BCUT2D eigenvalue weighted by molar-refractivity contribution is 7.64. The van der Waals surface area contributed by atoms with E-state index in [1.54, 1.807) is 0 Å². The average molecular weight is 447 g/mol. The summed E-state index contributed by atoms with van der Waals surface area (Å²) in [6, 6.07) is 0. The van der Waals surface area contributed by atoms with Crippen LogP contribution < -0.4 is 0 Å². The molecule has 0 spiro atoms. The molecule has 0 bridgehead atoms. The van der Waals surface area contributed by atoms with E-state index in [1.807, 2.05) is 13.8 Å². The van der Waals surface area contributed by atoms with Crippen LogP contribution in [-0.4, -0.2) is 43.6 Å². The summed E-state index contributed by atoms with van der Waals surface area (Å²) in [6.07, 6.45) is 14.8. The zero-order valence-corrected chi connectivity index (χ0v) is 20.8. The van der Waals surface area contributed by atoms with Gasteiger partial charge in [-0.05, 0) is 19.3 Å². The number of carbonyl (C=O) groups excluding carboxylic acids is 2. The highest BCUT2D eigenvalue weighted by Crippen LogP contribution is 2.48. The number of hydrogen-bond donors (Lipinski definition) is 0. The van der Waals surface area contributed by atoms with Crippen LogP contribution in [0, 0.1) is 0 Å². The van der Waals surface area contributed by atoms with E-state index in [-0.39, 0.29) is 24.8 Å². The summed E-state index contributed by atoms with van der Waals surface area (Å²) in [5.74, 6) is -0.546. The molecule has 30 heavy (non-hydrogen) atoms. The highest BCUT2D eigenvalue weighted by atomic mass is 31.2. The smallest absolute Gasteiger partial charge is 0.306 e. The molecule has 6 heteroatoms. The Balaban J connectivity index is 4.39. The van der Waals surface area contributed by atoms with E-state index >= 15 is 0 Å². The maximum atomic E-state index is 13.4. The Bertz CT molecular complexity index is 448. The molecule has 0 radical (unpaired) electrons. The predicted octanol–water partition coefficient (Wildman–Crippen LogP) is 6.96. The SMILES string of the molecule is CCCCCCCCCCP(=O)(CCC(=O)OCCCC)CCC(=O)OCCCC. The van der Waals surface area contributed by atoms with Crippen LogP contribution in [0.25, 0.3) is 0 Å². The van der Waals surface area contributed by atoms with E-state index in [1.165, 1.54) is 38.5 Å². The molecule has 0 aliphatic rings. The second-order valence-corrected chi connectivity index (χ2v) is 11.8. The number of hydrogen-bond acceptors (Lipinski definition) is 5. The Morgan fingerprint density at radius 2 is 0.967 bits per heavy atom. The maximum Gasteiger partial charge on any atom is 0.306 e. The summed E-state index contributed by atoms with van der Waals surface area (Å²) in [4.78, 5) is 23.9. The molecule has 0 unspecified atom stereocenters. The van der Waals surface area contributed by atoms with Gasteiger partial charge in [0.1, 0.15) is 0 Å². The third kappa shape index (κ3) is 18.0. The van der Waals surface area contributed by atoms with Crippen LogP contribution in [0.15, 0.2) is 0 Å². The Hall–Kier alpha value is -0.830. The average Bonchev–Trinajstić information content (AvgIpc) is 2.73. The van der Waals surface area contributed by atoms with Gasteiger partial charge in [0.25, 0.3) is 0 Å².